The zero-order valence-corrected chi connectivity index (χ0v) is 21.6. The minimum atomic E-state index is -1.95. The molecule has 14 heteroatoms. The molecule has 2 aromatic heterocycles. The Morgan fingerprint density at radius 2 is 1.63 bits per heavy atom. The highest BCUT2D eigenvalue weighted by Crippen LogP contribution is 2.42. The molecule has 38 heavy (non-hydrogen) atoms. The maximum Gasteiger partial charge on any atom is 0.274 e. The van der Waals surface area contributed by atoms with Crippen LogP contribution < -0.4 is 24.7 Å². The largest absolute Gasteiger partial charge is 0.501 e. The van der Waals surface area contributed by atoms with Crippen molar-refractivity contribution in [1.82, 2.24) is 14.6 Å². The Morgan fingerprint density at radius 3 is 2.29 bits per heavy atom. The van der Waals surface area contributed by atoms with Crippen LogP contribution in [0.4, 0.5) is 5.82 Å². The fraction of sp³-hybridized carbons (Fsp3) is 0.458. The van der Waals surface area contributed by atoms with E-state index in [0.29, 0.717) is 48.8 Å². The van der Waals surface area contributed by atoms with E-state index in [2.05, 4.69) is 15.0 Å². The Kier molecular flexibility index (Phi) is 6.53. The summed E-state index contributed by atoms with van der Waals surface area (Å²) in [5, 5.41) is 0.776. The zero-order chi connectivity index (χ0) is 27.5. The summed E-state index contributed by atoms with van der Waals surface area (Å²) in [6, 6.07) is 6.29. The molecule has 4 heterocycles. The Morgan fingerprint density at radius 1 is 0.974 bits per heavy atom. The molecule has 0 N–H and O–H groups in total. The van der Waals surface area contributed by atoms with Gasteiger partial charge in [0.1, 0.15) is 45.0 Å². The number of fused-ring (bicyclic) bond motifs is 2. The maximum atomic E-state index is 12.8. The highest BCUT2D eigenvalue weighted by atomic mass is 16.6. The molecule has 0 unspecified atom stereocenters. The van der Waals surface area contributed by atoms with Gasteiger partial charge in [-0.3, -0.25) is 4.79 Å². The molecule has 2 aliphatic heterocycles. The van der Waals surface area contributed by atoms with Crippen molar-refractivity contribution in [3.05, 3.63) is 51.4 Å². The van der Waals surface area contributed by atoms with E-state index in [1.165, 1.54) is 10.6 Å². The van der Waals surface area contributed by atoms with Crippen LogP contribution in [0.2, 0.25) is 0 Å². The number of methoxy groups -OCH3 is 1. The van der Waals surface area contributed by atoms with Gasteiger partial charge >= 0.3 is 0 Å². The molecule has 1 saturated heterocycles. The normalized spacial score (nSPS) is 19.3. The molecule has 1 aromatic carbocycles. The third-order valence-corrected chi connectivity index (χ3v) is 6.98. The van der Waals surface area contributed by atoms with Crippen molar-refractivity contribution in [1.29, 1.82) is 0 Å². The van der Waals surface area contributed by atoms with Crippen LogP contribution in [0.3, 0.4) is 0 Å². The van der Waals surface area contributed by atoms with Crippen LogP contribution in [0.5, 0.6) is 17.2 Å². The van der Waals surface area contributed by atoms with Gasteiger partial charge in [-0.15, -0.1) is 5.10 Å². The Balaban J connectivity index is 1.34. The van der Waals surface area contributed by atoms with Gasteiger partial charge in [0.25, 0.3) is 5.56 Å². The molecule has 1 fully saturated rings. The van der Waals surface area contributed by atoms with Gasteiger partial charge < -0.3 is 23.8 Å². The summed E-state index contributed by atoms with van der Waals surface area (Å²) >= 11 is 0. The topological polar surface area (TPSA) is 87.4 Å². The van der Waals surface area contributed by atoms with E-state index in [1.54, 1.807) is 25.3 Å². The average Bonchev–Trinajstić information content (AvgIpc) is 2.83. The Labute approximate surface area is 227 Å². The lowest BCUT2D eigenvalue weighted by molar-refractivity contribution is 0.0603. The third kappa shape index (κ3) is 4.68. The Bertz CT molecular complexity index is 1460. The third-order valence-electron chi connectivity index (χ3n) is 6.98. The highest BCUT2D eigenvalue weighted by molar-refractivity contribution is 6.53. The van der Waals surface area contributed by atoms with Crippen LogP contribution in [0.25, 0.3) is 5.65 Å². The SMILES string of the molecule is [B]C1(Oc2ccc3c(c2)OC([B])([B])C([B])([B])O3)CCN(c2nn3c(=O)cc(COC)nc3c(C)c2C)CC1. The molecule has 0 spiro atoms. The minimum absolute atomic E-state index is 0.235. The van der Waals surface area contributed by atoms with Gasteiger partial charge in [-0.2, -0.15) is 4.52 Å². The summed E-state index contributed by atoms with van der Waals surface area (Å²) in [7, 11) is 31.5. The molecule has 0 atom stereocenters. The number of hydrogen-bond acceptors (Lipinski definition) is 8. The second-order valence-corrected chi connectivity index (χ2v) is 9.88. The molecular formula is C24H23B5N4O5. The van der Waals surface area contributed by atoms with Crippen molar-refractivity contribution in [3.63, 3.8) is 0 Å². The first-order valence-corrected chi connectivity index (χ1v) is 12.1. The predicted octanol–water partition coefficient (Wildman–Crippen LogP) is 0.150. The highest BCUT2D eigenvalue weighted by Gasteiger charge is 2.43. The number of hydrogen-bond donors (Lipinski definition) is 0. The van der Waals surface area contributed by atoms with E-state index in [1.807, 2.05) is 13.8 Å². The van der Waals surface area contributed by atoms with Gasteiger partial charge in [-0.1, -0.05) is 0 Å². The lowest BCUT2D eigenvalue weighted by Crippen LogP contribution is -2.65. The summed E-state index contributed by atoms with van der Waals surface area (Å²) in [5.41, 5.74) is 1.66. The van der Waals surface area contributed by atoms with E-state index >= 15 is 0 Å². The van der Waals surface area contributed by atoms with Crippen molar-refractivity contribution in [3.8, 4) is 17.2 Å². The molecule has 5 rings (SSSR count). The van der Waals surface area contributed by atoms with Crippen LogP contribution in [-0.2, 0) is 11.3 Å². The van der Waals surface area contributed by atoms with Crippen molar-refractivity contribution in [2.24, 2.45) is 0 Å². The quantitative estimate of drug-likeness (QED) is 0.457. The smallest absolute Gasteiger partial charge is 0.274 e. The summed E-state index contributed by atoms with van der Waals surface area (Å²) in [4.78, 5) is 19.4. The van der Waals surface area contributed by atoms with E-state index in [-0.39, 0.29) is 23.7 Å². The van der Waals surface area contributed by atoms with Gasteiger partial charge in [0.15, 0.2) is 23.0 Å². The molecule has 0 bridgehead atoms. The summed E-state index contributed by atoms with van der Waals surface area (Å²) in [6.07, 6.45) is 0.984. The fourth-order valence-corrected chi connectivity index (χ4v) is 4.56. The number of rotatable bonds is 5. The number of aryl methyl sites for hydroxylation is 1. The van der Waals surface area contributed by atoms with Gasteiger partial charge in [-0.05, 0) is 38.8 Å². The number of piperidine rings is 1. The second-order valence-electron chi connectivity index (χ2n) is 9.88. The number of benzene rings is 1. The molecule has 0 amide bonds. The first kappa shape index (κ1) is 26.6. The zero-order valence-electron chi connectivity index (χ0n) is 21.6. The first-order chi connectivity index (χ1) is 17.8. The number of nitrogens with zero attached hydrogens (tertiary/aromatic N) is 4. The van der Waals surface area contributed by atoms with Gasteiger partial charge in [0, 0.05) is 54.3 Å². The fourth-order valence-electron chi connectivity index (χ4n) is 4.56. The van der Waals surface area contributed by atoms with E-state index in [0.717, 1.165) is 11.1 Å². The molecule has 3 aromatic rings. The van der Waals surface area contributed by atoms with E-state index in [4.69, 9.17) is 58.2 Å². The standard InChI is InChI=1S/C24H23B5N4O5/c1-13-14(2)21(31-33-19(34)10-15(12-35-3)30-20(13)33)32-8-6-22(25,7-9-32)36-16-4-5-17-18(11-16)38-24(28,29)23(26,27)37-17/h4-5,10-11H,6-9,12H2,1-3H3. The second kappa shape index (κ2) is 9.33. The van der Waals surface area contributed by atoms with Crippen molar-refractivity contribution in [2.45, 2.75) is 49.6 Å². The average molecular weight is 502 g/mol. The predicted molar refractivity (Wildman–Crippen MR) is 146 cm³/mol. The van der Waals surface area contributed by atoms with Gasteiger partial charge in [-0.25, -0.2) is 4.98 Å². The van der Waals surface area contributed by atoms with Crippen LogP contribution in [0.1, 0.15) is 29.7 Å². The molecule has 2 aliphatic rings. The number of ether oxygens (including phenoxy) is 4. The van der Waals surface area contributed by atoms with E-state index < -0.39 is 16.3 Å². The van der Waals surface area contributed by atoms with Crippen LogP contribution in [0, 0.1) is 13.8 Å². The number of aromatic nitrogens is 3. The first-order valence-electron chi connectivity index (χ1n) is 12.1. The van der Waals surface area contributed by atoms with Crippen molar-refractivity contribution in [2.75, 3.05) is 25.1 Å². The lowest BCUT2D eigenvalue weighted by Gasteiger charge is -2.48. The summed E-state index contributed by atoms with van der Waals surface area (Å²) < 4.78 is 23.7. The van der Waals surface area contributed by atoms with E-state index in [9.17, 15) is 4.79 Å². The van der Waals surface area contributed by atoms with Crippen molar-refractivity contribution >= 4 is 50.7 Å². The maximum absolute atomic E-state index is 12.8. The van der Waals surface area contributed by atoms with Crippen LogP contribution >= 0.6 is 0 Å². The summed E-state index contributed by atoms with van der Waals surface area (Å²) in [6.45, 7) is 5.26. The summed E-state index contributed by atoms with van der Waals surface area (Å²) in [5.74, 6) is 1.66. The van der Waals surface area contributed by atoms with Gasteiger partial charge in [0.05, 0.1) is 17.8 Å². The molecule has 0 aliphatic carbocycles. The van der Waals surface area contributed by atoms with Crippen LogP contribution in [-0.4, -0.2) is 90.3 Å². The Hall–Kier alpha value is -3.01. The monoisotopic (exact) mass is 502 g/mol. The molecule has 9 nitrogen and oxygen atoms in total. The van der Waals surface area contributed by atoms with Crippen LogP contribution in [0.15, 0.2) is 29.1 Å². The lowest BCUT2D eigenvalue weighted by atomic mass is 9.41. The number of anilines is 1. The molecule has 0 saturated carbocycles. The molecule has 184 valence electrons. The molecular weight excluding hydrogens is 478 g/mol. The van der Waals surface area contributed by atoms with Crippen molar-refractivity contribution < 1.29 is 18.9 Å². The molecule has 10 radical (unpaired) electrons. The minimum Gasteiger partial charge on any atom is -0.501 e. The van der Waals surface area contributed by atoms with Gasteiger partial charge in [0.2, 0.25) is 0 Å².